The highest BCUT2D eigenvalue weighted by molar-refractivity contribution is 5.86. The number of ether oxygens (including phenoxy) is 1. The molecule has 1 atom stereocenters. The lowest BCUT2D eigenvalue weighted by atomic mass is 10.2. The van der Waals surface area contributed by atoms with Crippen molar-refractivity contribution in [1.82, 2.24) is 10.3 Å². The molecule has 1 unspecified atom stereocenters. The Labute approximate surface area is 139 Å². The molecule has 1 aliphatic rings. The minimum absolute atomic E-state index is 0.0529. The maximum atomic E-state index is 11.6. The summed E-state index contributed by atoms with van der Waals surface area (Å²) < 4.78 is 5.97. The van der Waals surface area contributed by atoms with Crippen molar-refractivity contribution in [3.05, 3.63) is 60.8 Å². The average Bonchev–Trinajstić information content (AvgIpc) is 3.02. The highest BCUT2D eigenvalue weighted by atomic mass is 16.5. The minimum Gasteiger partial charge on any atom is -0.455 e. The molecule has 24 heavy (non-hydrogen) atoms. The van der Waals surface area contributed by atoms with Crippen LogP contribution in [0.4, 0.5) is 5.69 Å². The molecule has 5 heteroatoms. The standard InChI is InChI=1S/C19H17N3O2/c23-19-16(10-12-21-19)22-14-6-8-15(9-7-14)24-17-5-1-3-13-4-2-11-20-18(13)17/h1-9,11,16,22H,10,12H2,(H,21,23). The van der Waals surface area contributed by atoms with E-state index in [4.69, 9.17) is 4.74 Å². The Morgan fingerprint density at radius 3 is 2.71 bits per heavy atom. The van der Waals surface area contributed by atoms with Crippen molar-refractivity contribution in [3.8, 4) is 11.5 Å². The van der Waals surface area contributed by atoms with Gasteiger partial charge in [-0.25, -0.2) is 0 Å². The summed E-state index contributed by atoms with van der Waals surface area (Å²) in [5.41, 5.74) is 1.74. The number of nitrogens with one attached hydrogen (secondary N) is 2. The number of hydrogen-bond acceptors (Lipinski definition) is 4. The fourth-order valence-corrected chi connectivity index (χ4v) is 2.84. The van der Waals surface area contributed by atoms with Crippen LogP contribution in [0, 0.1) is 0 Å². The van der Waals surface area contributed by atoms with E-state index in [0.717, 1.165) is 41.1 Å². The number of aromatic nitrogens is 1. The fourth-order valence-electron chi connectivity index (χ4n) is 2.84. The molecule has 2 aromatic carbocycles. The minimum atomic E-state index is -0.154. The zero-order valence-corrected chi connectivity index (χ0v) is 13.0. The third-order valence-electron chi connectivity index (χ3n) is 4.07. The van der Waals surface area contributed by atoms with Gasteiger partial charge in [0.05, 0.1) is 0 Å². The molecule has 0 aliphatic carbocycles. The molecule has 3 aromatic rings. The first-order valence-electron chi connectivity index (χ1n) is 7.95. The maximum absolute atomic E-state index is 11.6. The van der Waals surface area contributed by atoms with Crippen molar-refractivity contribution in [2.24, 2.45) is 0 Å². The van der Waals surface area contributed by atoms with Gasteiger partial charge in [-0.15, -0.1) is 0 Å². The lowest BCUT2D eigenvalue weighted by Crippen LogP contribution is -2.29. The quantitative estimate of drug-likeness (QED) is 0.774. The first kappa shape index (κ1) is 14.5. The van der Waals surface area contributed by atoms with E-state index in [1.807, 2.05) is 54.6 Å². The second-order valence-electron chi connectivity index (χ2n) is 5.73. The molecule has 5 nitrogen and oxygen atoms in total. The van der Waals surface area contributed by atoms with E-state index in [1.54, 1.807) is 6.20 Å². The van der Waals surface area contributed by atoms with Gasteiger partial charge in [-0.05, 0) is 42.8 Å². The predicted octanol–water partition coefficient (Wildman–Crippen LogP) is 3.33. The van der Waals surface area contributed by atoms with Gasteiger partial charge in [-0.2, -0.15) is 0 Å². The van der Waals surface area contributed by atoms with Crippen LogP contribution in [0.25, 0.3) is 10.9 Å². The number of amides is 1. The summed E-state index contributed by atoms with van der Waals surface area (Å²) in [6.07, 6.45) is 2.56. The second-order valence-corrected chi connectivity index (χ2v) is 5.73. The molecule has 1 aliphatic heterocycles. The van der Waals surface area contributed by atoms with Crippen LogP contribution in [0.1, 0.15) is 6.42 Å². The molecule has 120 valence electrons. The normalized spacial score (nSPS) is 16.8. The van der Waals surface area contributed by atoms with Gasteiger partial charge < -0.3 is 15.4 Å². The van der Waals surface area contributed by atoms with Crippen molar-refractivity contribution in [2.45, 2.75) is 12.5 Å². The summed E-state index contributed by atoms with van der Waals surface area (Å²) in [6.45, 7) is 0.728. The third-order valence-corrected chi connectivity index (χ3v) is 4.07. The number of nitrogens with zero attached hydrogens (tertiary/aromatic N) is 1. The summed E-state index contributed by atoms with van der Waals surface area (Å²) in [7, 11) is 0. The van der Waals surface area contributed by atoms with Crippen molar-refractivity contribution < 1.29 is 9.53 Å². The van der Waals surface area contributed by atoms with Gasteiger partial charge in [0.15, 0.2) is 5.75 Å². The molecule has 0 spiro atoms. The van der Waals surface area contributed by atoms with Crippen molar-refractivity contribution in [2.75, 3.05) is 11.9 Å². The molecule has 2 N–H and O–H groups in total. The topological polar surface area (TPSA) is 63.2 Å². The monoisotopic (exact) mass is 319 g/mol. The number of hydrogen-bond donors (Lipinski definition) is 2. The van der Waals surface area contributed by atoms with Gasteiger partial charge in [0.25, 0.3) is 0 Å². The molecule has 0 saturated carbocycles. The van der Waals surface area contributed by atoms with E-state index < -0.39 is 0 Å². The number of anilines is 1. The first-order valence-corrected chi connectivity index (χ1v) is 7.95. The molecule has 4 rings (SSSR count). The molecular formula is C19H17N3O2. The van der Waals surface area contributed by atoms with E-state index in [1.165, 1.54) is 0 Å². The molecule has 0 bridgehead atoms. The Balaban J connectivity index is 1.51. The van der Waals surface area contributed by atoms with Crippen LogP contribution in [-0.4, -0.2) is 23.5 Å². The van der Waals surface area contributed by atoms with Gasteiger partial charge >= 0.3 is 0 Å². The van der Waals surface area contributed by atoms with Crippen LogP contribution >= 0.6 is 0 Å². The molecule has 0 radical (unpaired) electrons. The van der Waals surface area contributed by atoms with Crippen molar-refractivity contribution >= 4 is 22.5 Å². The molecule has 1 fully saturated rings. The van der Waals surface area contributed by atoms with Gasteiger partial charge in [0.2, 0.25) is 5.91 Å². The van der Waals surface area contributed by atoms with Gasteiger partial charge in [-0.1, -0.05) is 18.2 Å². The largest absolute Gasteiger partial charge is 0.455 e. The van der Waals surface area contributed by atoms with Crippen LogP contribution in [0.3, 0.4) is 0 Å². The zero-order valence-electron chi connectivity index (χ0n) is 13.0. The Hall–Kier alpha value is -3.08. The average molecular weight is 319 g/mol. The number of fused-ring (bicyclic) bond motifs is 1. The van der Waals surface area contributed by atoms with E-state index in [9.17, 15) is 4.79 Å². The van der Waals surface area contributed by atoms with E-state index in [2.05, 4.69) is 15.6 Å². The maximum Gasteiger partial charge on any atom is 0.242 e. The fraction of sp³-hybridized carbons (Fsp3) is 0.158. The number of rotatable bonds is 4. The number of benzene rings is 2. The Bertz CT molecular complexity index is 872. The predicted molar refractivity (Wildman–Crippen MR) is 93.3 cm³/mol. The van der Waals surface area contributed by atoms with Crippen LogP contribution in [-0.2, 0) is 4.79 Å². The van der Waals surface area contributed by atoms with Crippen LogP contribution in [0.15, 0.2) is 60.8 Å². The van der Waals surface area contributed by atoms with E-state index in [-0.39, 0.29) is 11.9 Å². The van der Waals surface area contributed by atoms with Crippen LogP contribution in [0.2, 0.25) is 0 Å². The summed E-state index contributed by atoms with van der Waals surface area (Å²) in [4.78, 5) is 16.0. The summed E-state index contributed by atoms with van der Waals surface area (Å²) in [6, 6.07) is 17.2. The summed E-state index contributed by atoms with van der Waals surface area (Å²) in [5.74, 6) is 1.51. The smallest absolute Gasteiger partial charge is 0.242 e. The Morgan fingerprint density at radius 1 is 1.08 bits per heavy atom. The molecule has 1 aromatic heterocycles. The van der Waals surface area contributed by atoms with Crippen LogP contribution in [0.5, 0.6) is 11.5 Å². The second kappa shape index (κ2) is 6.20. The molecule has 1 saturated heterocycles. The number of carbonyl (C=O) groups excluding carboxylic acids is 1. The summed E-state index contributed by atoms with van der Waals surface area (Å²) >= 11 is 0. The zero-order chi connectivity index (χ0) is 16.4. The molecular weight excluding hydrogens is 302 g/mol. The number of pyridine rings is 1. The van der Waals surface area contributed by atoms with Crippen LogP contribution < -0.4 is 15.4 Å². The Morgan fingerprint density at radius 2 is 1.92 bits per heavy atom. The van der Waals surface area contributed by atoms with E-state index >= 15 is 0 Å². The first-order chi connectivity index (χ1) is 11.8. The van der Waals surface area contributed by atoms with E-state index in [0.29, 0.717) is 0 Å². The third kappa shape index (κ3) is 2.88. The van der Waals surface area contributed by atoms with Gasteiger partial charge in [0.1, 0.15) is 17.3 Å². The molecule has 2 heterocycles. The number of para-hydroxylation sites is 1. The van der Waals surface area contributed by atoms with Gasteiger partial charge in [-0.3, -0.25) is 9.78 Å². The highest BCUT2D eigenvalue weighted by Crippen LogP contribution is 2.29. The highest BCUT2D eigenvalue weighted by Gasteiger charge is 2.23. The number of carbonyl (C=O) groups is 1. The lowest BCUT2D eigenvalue weighted by Gasteiger charge is -2.12. The Kier molecular flexibility index (Phi) is 3.75. The summed E-state index contributed by atoms with van der Waals surface area (Å²) in [5, 5.41) is 7.09. The SMILES string of the molecule is O=C1NCCC1Nc1ccc(Oc2cccc3cccnc23)cc1. The van der Waals surface area contributed by atoms with Gasteiger partial charge in [0, 0.05) is 23.8 Å². The van der Waals surface area contributed by atoms with Crippen molar-refractivity contribution in [1.29, 1.82) is 0 Å². The van der Waals surface area contributed by atoms with Crippen molar-refractivity contribution in [3.63, 3.8) is 0 Å². The lowest BCUT2D eigenvalue weighted by molar-refractivity contribution is -0.119. The molecule has 1 amide bonds.